The third-order valence-electron chi connectivity index (χ3n) is 4.85. The van der Waals surface area contributed by atoms with Crippen LogP contribution in [0.4, 0.5) is 5.69 Å². The summed E-state index contributed by atoms with van der Waals surface area (Å²) in [4.78, 5) is 31.1. The van der Waals surface area contributed by atoms with Crippen LogP contribution in [0.15, 0.2) is 53.1 Å². The maximum Gasteiger partial charge on any atom is 0.246 e. The number of nitrogens with one attached hydrogen (secondary N) is 1. The number of carbonyl (C=O) groups is 2. The molecule has 0 aliphatic carbocycles. The van der Waals surface area contributed by atoms with E-state index in [1.165, 1.54) is 0 Å². The molecule has 1 fully saturated rings. The number of hydrogen-bond acceptors (Lipinski definition) is 5. The van der Waals surface area contributed by atoms with Crippen molar-refractivity contribution in [2.75, 3.05) is 11.4 Å². The number of rotatable bonds is 5. The van der Waals surface area contributed by atoms with E-state index in [9.17, 15) is 9.59 Å². The van der Waals surface area contributed by atoms with E-state index in [-0.39, 0.29) is 24.2 Å². The van der Waals surface area contributed by atoms with E-state index in [0.29, 0.717) is 23.8 Å². The molecule has 7 nitrogen and oxygen atoms in total. The second-order valence-electron chi connectivity index (χ2n) is 6.90. The first-order valence-corrected chi connectivity index (χ1v) is 9.63. The van der Waals surface area contributed by atoms with Crippen LogP contribution >= 0.6 is 11.6 Å². The van der Waals surface area contributed by atoms with Gasteiger partial charge >= 0.3 is 0 Å². The molecule has 1 N–H and O–H groups in total. The molecular weight excluding hydrogens is 392 g/mol. The highest BCUT2D eigenvalue weighted by molar-refractivity contribution is 6.30. The normalized spacial score (nSPS) is 16.3. The van der Waals surface area contributed by atoms with Crippen LogP contribution in [-0.2, 0) is 16.1 Å². The van der Waals surface area contributed by atoms with Gasteiger partial charge in [0.2, 0.25) is 23.5 Å². The lowest BCUT2D eigenvalue weighted by Crippen LogP contribution is -2.36. The van der Waals surface area contributed by atoms with E-state index in [2.05, 4.69) is 15.5 Å². The lowest BCUT2D eigenvalue weighted by molar-refractivity contribution is -0.132. The molecule has 1 saturated heterocycles. The Kier molecular flexibility index (Phi) is 5.31. The van der Waals surface area contributed by atoms with Gasteiger partial charge < -0.3 is 14.7 Å². The van der Waals surface area contributed by atoms with E-state index < -0.39 is 5.92 Å². The summed E-state index contributed by atoms with van der Waals surface area (Å²) in [5.41, 5.74) is 2.68. The molecule has 148 valence electrons. The van der Waals surface area contributed by atoms with Gasteiger partial charge in [-0.3, -0.25) is 9.59 Å². The molecule has 3 aromatic rings. The van der Waals surface area contributed by atoms with Gasteiger partial charge in [-0.15, -0.1) is 0 Å². The van der Waals surface area contributed by atoms with Gasteiger partial charge in [-0.05, 0) is 49.7 Å². The van der Waals surface area contributed by atoms with Crippen LogP contribution in [0.25, 0.3) is 11.4 Å². The molecule has 0 spiro atoms. The topological polar surface area (TPSA) is 88.3 Å². The number of hydrogen-bond donors (Lipinski definition) is 1. The molecule has 0 radical (unpaired) electrons. The van der Waals surface area contributed by atoms with Crippen molar-refractivity contribution in [1.29, 1.82) is 0 Å². The van der Waals surface area contributed by atoms with E-state index >= 15 is 0 Å². The minimum atomic E-state index is -0.713. The Morgan fingerprint density at radius 1 is 1.21 bits per heavy atom. The van der Waals surface area contributed by atoms with Gasteiger partial charge in [0.25, 0.3) is 0 Å². The molecule has 8 heteroatoms. The van der Waals surface area contributed by atoms with Crippen molar-refractivity contribution in [3.63, 3.8) is 0 Å². The average molecular weight is 411 g/mol. The zero-order valence-corrected chi connectivity index (χ0v) is 16.5. The second-order valence-corrected chi connectivity index (χ2v) is 7.34. The van der Waals surface area contributed by atoms with Crippen LogP contribution in [0.3, 0.4) is 0 Å². The van der Waals surface area contributed by atoms with Gasteiger partial charge in [0.1, 0.15) is 5.92 Å². The Morgan fingerprint density at radius 3 is 2.66 bits per heavy atom. The lowest BCUT2D eigenvalue weighted by atomic mass is 10.1. The Labute approximate surface area is 172 Å². The first kappa shape index (κ1) is 19.1. The molecular formula is C21H19ClN4O3. The van der Waals surface area contributed by atoms with Crippen LogP contribution in [0.1, 0.15) is 17.9 Å². The van der Waals surface area contributed by atoms with Gasteiger partial charge in [0.15, 0.2) is 0 Å². The molecule has 29 heavy (non-hydrogen) atoms. The largest absolute Gasteiger partial charge is 0.346 e. The first-order valence-electron chi connectivity index (χ1n) is 9.25. The van der Waals surface area contributed by atoms with E-state index in [0.717, 1.165) is 16.8 Å². The Bertz CT molecular complexity index is 1030. The standard InChI is InChI=1S/C21H19ClN4O3/c1-13-2-8-16(9-3-13)26-11-10-17(21(26)28)20(27)23-12-18-24-19(25-29-18)14-4-6-15(22)7-5-14/h2-9,17H,10-12H2,1H3,(H,23,27). The molecule has 1 aliphatic heterocycles. The lowest BCUT2D eigenvalue weighted by Gasteiger charge is -2.16. The Morgan fingerprint density at radius 2 is 1.93 bits per heavy atom. The second kappa shape index (κ2) is 8.05. The third-order valence-corrected chi connectivity index (χ3v) is 5.10. The Hall–Kier alpha value is -3.19. The summed E-state index contributed by atoms with van der Waals surface area (Å²) in [6, 6.07) is 14.7. The molecule has 2 aromatic carbocycles. The van der Waals surface area contributed by atoms with Crippen molar-refractivity contribution in [3.05, 3.63) is 65.0 Å². The number of amides is 2. The highest BCUT2D eigenvalue weighted by atomic mass is 35.5. The number of halogens is 1. The van der Waals surface area contributed by atoms with E-state index in [4.69, 9.17) is 16.1 Å². The predicted molar refractivity (Wildman–Crippen MR) is 108 cm³/mol. The van der Waals surface area contributed by atoms with Gasteiger partial charge in [-0.1, -0.05) is 34.5 Å². The smallest absolute Gasteiger partial charge is 0.246 e. The van der Waals surface area contributed by atoms with Crippen LogP contribution in [-0.4, -0.2) is 28.5 Å². The maximum atomic E-state index is 12.7. The molecule has 1 aromatic heterocycles. The van der Waals surface area contributed by atoms with E-state index in [1.807, 2.05) is 31.2 Å². The fraction of sp³-hybridized carbons (Fsp3) is 0.238. The summed E-state index contributed by atoms with van der Waals surface area (Å²) in [7, 11) is 0. The van der Waals surface area contributed by atoms with Crippen molar-refractivity contribution >= 4 is 29.1 Å². The molecule has 0 saturated carbocycles. The minimum absolute atomic E-state index is 0.0632. The highest BCUT2D eigenvalue weighted by Gasteiger charge is 2.37. The zero-order valence-electron chi connectivity index (χ0n) is 15.8. The van der Waals surface area contributed by atoms with Crippen molar-refractivity contribution < 1.29 is 14.1 Å². The van der Waals surface area contributed by atoms with Crippen molar-refractivity contribution in [1.82, 2.24) is 15.5 Å². The molecule has 1 atom stereocenters. The number of benzene rings is 2. The Balaban J connectivity index is 1.36. The first-order chi connectivity index (χ1) is 14.0. The monoisotopic (exact) mass is 410 g/mol. The summed E-state index contributed by atoms with van der Waals surface area (Å²) in [6.07, 6.45) is 0.471. The van der Waals surface area contributed by atoms with Crippen LogP contribution in [0.2, 0.25) is 5.02 Å². The van der Waals surface area contributed by atoms with Crippen LogP contribution in [0.5, 0.6) is 0 Å². The predicted octanol–water partition coefficient (Wildman–Crippen LogP) is 3.37. The summed E-state index contributed by atoms with van der Waals surface area (Å²) in [5, 5.41) is 7.25. The van der Waals surface area contributed by atoms with Gasteiger partial charge in [0, 0.05) is 22.8 Å². The summed E-state index contributed by atoms with van der Waals surface area (Å²) in [5.74, 6) is -0.568. The highest BCUT2D eigenvalue weighted by Crippen LogP contribution is 2.26. The van der Waals surface area contributed by atoms with Gasteiger partial charge in [0.05, 0.1) is 6.54 Å². The fourth-order valence-corrected chi connectivity index (χ4v) is 3.36. The molecule has 0 bridgehead atoms. The average Bonchev–Trinajstić information content (AvgIpc) is 3.34. The van der Waals surface area contributed by atoms with Crippen LogP contribution < -0.4 is 10.2 Å². The summed E-state index contributed by atoms with van der Waals surface area (Å²) < 4.78 is 5.19. The number of aromatic nitrogens is 2. The summed E-state index contributed by atoms with van der Waals surface area (Å²) in [6.45, 7) is 2.57. The number of anilines is 1. The molecule has 1 aliphatic rings. The molecule has 2 heterocycles. The maximum absolute atomic E-state index is 12.7. The molecule has 2 amide bonds. The molecule has 4 rings (SSSR count). The number of nitrogens with zero attached hydrogens (tertiary/aromatic N) is 3. The van der Waals surface area contributed by atoms with E-state index in [1.54, 1.807) is 29.2 Å². The number of carbonyl (C=O) groups excluding carboxylic acids is 2. The quantitative estimate of drug-likeness (QED) is 0.651. The van der Waals surface area contributed by atoms with Crippen molar-refractivity contribution in [3.8, 4) is 11.4 Å². The molecule has 1 unspecified atom stereocenters. The van der Waals surface area contributed by atoms with Gasteiger partial charge in [-0.25, -0.2) is 0 Å². The minimum Gasteiger partial charge on any atom is -0.346 e. The van der Waals surface area contributed by atoms with Crippen molar-refractivity contribution in [2.45, 2.75) is 19.9 Å². The fourth-order valence-electron chi connectivity index (χ4n) is 3.23. The third kappa shape index (κ3) is 4.14. The number of aryl methyl sites for hydroxylation is 1. The zero-order chi connectivity index (χ0) is 20.4. The van der Waals surface area contributed by atoms with Gasteiger partial charge in [-0.2, -0.15) is 4.98 Å². The van der Waals surface area contributed by atoms with Crippen molar-refractivity contribution in [2.24, 2.45) is 5.92 Å². The SMILES string of the molecule is Cc1ccc(N2CCC(C(=O)NCc3nc(-c4ccc(Cl)cc4)no3)C2=O)cc1. The van der Waals surface area contributed by atoms with Crippen LogP contribution in [0, 0.1) is 12.8 Å². The summed E-state index contributed by atoms with van der Waals surface area (Å²) >= 11 is 5.88.